The molecule has 1 amide bonds. The van der Waals surface area contributed by atoms with Gasteiger partial charge in [0, 0.05) is 66.1 Å². The van der Waals surface area contributed by atoms with E-state index < -0.39 is 17.2 Å². The third-order valence-electron chi connectivity index (χ3n) is 7.27. The summed E-state index contributed by atoms with van der Waals surface area (Å²) in [5, 5.41) is 2.45. The molecule has 0 radical (unpaired) electrons. The van der Waals surface area contributed by atoms with E-state index in [0.29, 0.717) is 16.8 Å². The second-order valence-electron chi connectivity index (χ2n) is 10.1. The molecule has 1 atom stereocenters. The number of nitrogens with two attached hydrogens (primary N) is 3. The van der Waals surface area contributed by atoms with Gasteiger partial charge in [0.1, 0.15) is 17.2 Å². The van der Waals surface area contributed by atoms with Crippen molar-refractivity contribution in [1.29, 1.82) is 0 Å². The summed E-state index contributed by atoms with van der Waals surface area (Å²) >= 11 is -1.06. The molecular formula is C28H34N6O4S2. The summed E-state index contributed by atoms with van der Waals surface area (Å²) in [6.07, 6.45) is 1.76. The molecule has 1 aromatic heterocycles. The fourth-order valence-electron chi connectivity index (χ4n) is 5.24. The Hall–Kier alpha value is -3.58. The number of nitrogen functional groups attached to an aromatic ring is 1. The fraction of sp³-hybridized carbons (Fsp3) is 0.321. The van der Waals surface area contributed by atoms with Gasteiger partial charge in [0.2, 0.25) is 0 Å². The maximum absolute atomic E-state index is 12.5. The SMILES string of the molecule is CN(C)c1cccc2c(N(CCOc3cc(N4CCC(N)CC4)cc4sc(C(N)=O)c(N)c34)S(=O)O)cccc12. The van der Waals surface area contributed by atoms with Crippen molar-refractivity contribution in [3.63, 3.8) is 0 Å². The molecule has 4 aromatic rings. The summed E-state index contributed by atoms with van der Waals surface area (Å²) < 4.78 is 31.2. The minimum Gasteiger partial charge on any atom is -0.491 e. The van der Waals surface area contributed by atoms with E-state index in [0.717, 1.165) is 52.8 Å². The molecule has 2 heterocycles. The Labute approximate surface area is 239 Å². The summed E-state index contributed by atoms with van der Waals surface area (Å²) in [6, 6.07) is 15.7. The number of ether oxygens (including phenoxy) is 1. The van der Waals surface area contributed by atoms with E-state index in [2.05, 4.69) is 4.90 Å². The van der Waals surface area contributed by atoms with E-state index in [1.54, 1.807) is 0 Å². The van der Waals surface area contributed by atoms with Gasteiger partial charge in [0.05, 0.1) is 23.3 Å². The van der Waals surface area contributed by atoms with Crippen LogP contribution in [0.15, 0.2) is 48.5 Å². The van der Waals surface area contributed by atoms with Gasteiger partial charge in [0.15, 0.2) is 0 Å². The first-order chi connectivity index (χ1) is 19.2. The molecule has 1 aliphatic heterocycles. The van der Waals surface area contributed by atoms with E-state index in [-0.39, 0.29) is 29.8 Å². The summed E-state index contributed by atoms with van der Waals surface area (Å²) in [6.45, 7) is 1.85. The highest BCUT2D eigenvalue weighted by Gasteiger charge is 2.23. The van der Waals surface area contributed by atoms with Crippen molar-refractivity contribution in [1.82, 2.24) is 0 Å². The lowest BCUT2D eigenvalue weighted by atomic mass is 10.0. The predicted molar refractivity (Wildman–Crippen MR) is 166 cm³/mol. The van der Waals surface area contributed by atoms with Crippen LogP contribution in [0.5, 0.6) is 5.75 Å². The zero-order chi connectivity index (χ0) is 28.6. The minimum absolute atomic E-state index is 0.0979. The minimum atomic E-state index is -2.29. The van der Waals surface area contributed by atoms with Gasteiger partial charge in [-0.15, -0.1) is 11.3 Å². The number of amides is 1. The summed E-state index contributed by atoms with van der Waals surface area (Å²) in [5.41, 5.74) is 20.9. The molecule has 40 heavy (non-hydrogen) atoms. The Morgan fingerprint density at radius 1 is 1.12 bits per heavy atom. The standard InChI is InChI=1S/C28H34N6O4S2/c1-32(2)21-7-3-6-20-19(21)5-4-8-22(20)34(40(36)37)13-14-38-23-15-18(33-11-9-17(29)10-12-33)16-24-25(23)26(30)27(39-24)28(31)35/h3-8,15-17H,9-14,29-30H2,1-2H3,(H2,31,35)(H,36,37). The van der Waals surface area contributed by atoms with Crippen LogP contribution in [0.4, 0.5) is 22.7 Å². The number of benzene rings is 3. The maximum Gasteiger partial charge on any atom is 0.261 e. The molecule has 1 saturated heterocycles. The summed E-state index contributed by atoms with van der Waals surface area (Å²) in [7, 11) is 3.92. The van der Waals surface area contributed by atoms with Crippen LogP contribution in [0, 0.1) is 0 Å². The lowest BCUT2D eigenvalue weighted by molar-refractivity contribution is 0.100. The van der Waals surface area contributed by atoms with Crippen LogP contribution in [0.1, 0.15) is 22.5 Å². The third-order valence-corrected chi connectivity index (χ3v) is 9.20. The Morgan fingerprint density at radius 2 is 1.77 bits per heavy atom. The highest BCUT2D eigenvalue weighted by Crippen LogP contribution is 2.43. The average molecular weight is 583 g/mol. The van der Waals surface area contributed by atoms with Gasteiger partial charge >= 0.3 is 0 Å². The topological polar surface area (TPSA) is 151 Å². The van der Waals surface area contributed by atoms with E-state index in [4.69, 9.17) is 21.9 Å². The molecule has 0 aliphatic carbocycles. The second kappa shape index (κ2) is 11.5. The molecule has 12 heteroatoms. The Bertz CT molecular complexity index is 1580. The largest absolute Gasteiger partial charge is 0.491 e. The predicted octanol–water partition coefficient (Wildman–Crippen LogP) is 3.75. The number of anilines is 4. The van der Waals surface area contributed by atoms with E-state index in [1.165, 1.54) is 15.6 Å². The molecule has 3 aromatic carbocycles. The van der Waals surface area contributed by atoms with Crippen molar-refractivity contribution in [3.8, 4) is 5.75 Å². The number of nitrogens with zero attached hydrogens (tertiary/aromatic N) is 3. The smallest absolute Gasteiger partial charge is 0.261 e. The number of rotatable bonds is 9. The van der Waals surface area contributed by atoms with E-state index in [9.17, 15) is 13.6 Å². The monoisotopic (exact) mass is 582 g/mol. The highest BCUT2D eigenvalue weighted by molar-refractivity contribution is 7.80. The van der Waals surface area contributed by atoms with Crippen molar-refractivity contribution < 1.29 is 18.3 Å². The molecule has 0 spiro atoms. The number of fused-ring (bicyclic) bond motifs is 2. The van der Waals surface area contributed by atoms with Crippen molar-refractivity contribution in [2.24, 2.45) is 11.5 Å². The quantitative estimate of drug-likeness (QED) is 0.218. The molecule has 7 N–H and O–H groups in total. The first-order valence-electron chi connectivity index (χ1n) is 13.0. The molecular weight excluding hydrogens is 548 g/mol. The molecule has 1 aliphatic rings. The normalized spacial score (nSPS) is 14.9. The lowest BCUT2D eigenvalue weighted by Crippen LogP contribution is -2.39. The number of carbonyl (C=O) groups is 1. The first-order valence-corrected chi connectivity index (χ1v) is 14.9. The second-order valence-corrected chi connectivity index (χ2v) is 12.0. The van der Waals surface area contributed by atoms with Gasteiger partial charge in [-0.05, 0) is 31.0 Å². The molecule has 5 rings (SSSR count). The van der Waals surface area contributed by atoms with Crippen LogP contribution in [-0.2, 0) is 11.3 Å². The fourth-order valence-corrected chi connectivity index (χ4v) is 6.83. The molecule has 1 fully saturated rings. The van der Waals surface area contributed by atoms with Gasteiger partial charge in [0.25, 0.3) is 17.2 Å². The number of hydrogen-bond acceptors (Lipinski definition) is 8. The zero-order valence-electron chi connectivity index (χ0n) is 22.5. The Morgan fingerprint density at radius 3 is 2.40 bits per heavy atom. The van der Waals surface area contributed by atoms with E-state index >= 15 is 0 Å². The van der Waals surface area contributed by atoms with Gasteiger partial charge in [-0.1, -0.05) is 24.3 Å². The Kier molecular flexibility index (Phi) is 8.04. The van der Waals surface area contributed by atoms with Gasteiger partial charge in [-0.25, -0.2) is 4.21 Å². The Balaban J connectivity index is 1.46. The molecule has 1 unspecified atom stereocenters. The van der Waals surface area contributed by atoms with Crippen LogP contribution >= 0.6 is 11.3 Å². The van der Waals surface area contributed by atoms with E-state index in [1.807, 2.05) is 67.5 Å². The molecule has 0 saturated carbocycles. The zero-order valence-corrected chi connectivity index (χ0v) is 24.1. The number of thiophene rings is 1. The van der Waals surface area contributed by atoms with Gasteiger partial charge in [-0.2, -0.15) is 0 Å². The van der Waals surface area contributed by atoms with Gasteiger partial charge in [-0.3, -0.25) is 13.7 Å². The highest BCUT2D eigenvalue weighted by atomic mass is 32.2. The summed E-state index contributed by atoms with van der Waals surface area (Å²) in [4.78, 5) is 16.6. The van der Waals surface area contributed by atoms with Crippen LogP contribution in [-0.4, -0.2) is 61.0 Å². The average Bonchev–Trinajstić information content (AvgIpc) is 3.27. The third kappa shape index (κ3) is 5.39. The van der Waals surface area contributed by atoms with Crippen molar-refractivity contribution >= 4 is 72.1 Å². The van der Waals surface area contributed by atoms with Crippen molar-refractivity contribution in [2.45, 2.75) is 18.9 Å². The number of carbonyl (C=O) groups excluding carboxylic acids is 1. The first kappa shape index (κ1) is 28.0. The lowest BCUT2D eigenvalue weighted by Gasteiger charge is -2.32. The molecule has 212 valence electrons. The van der Waals surface area contributed by atoms with Crippen molar-refractivity contribution in [3.05, 3.63) is 53.4 Å². The van der Waals surface area contributed by atoms with Crippen LogP contribution in [0.25, 0.3) is 20.9 Å². The number of piperidine rings is 1. The molecule has 0 bridgehead atoms. The van der Waals surface area contributed by atoms with Crippen LogP contribution in [0.2, 0.25) is 0 Å². The summed E-state index contributed by atoms with van der Waals surface area (Å²) in [5.74, 6) is -0.0924. The van der Waals surface area contributed by atoms with Crippen LogP contribution < -0.4 is 36.0 Å². The van der Waals surface area contributed by atoms with Crippen molar-refractivity contribution in [2.75, 3.05) is 60.2 Å². The van der Waals surface area contributed by atoms with Crippen LogP contribution in [0.3, 0.4) is 0 Å². The number of primary amides is 1. The van der Waals surface area contributed by atoms with Gasteiger partial charge < -0.3 is 31.7 Å². The number of hydrogen-bond donors (Lipinski definition) is 4. The maximum atomic E-state index is 12.5. The molecule has 10 nitrogen and oxygen atoms in total.